The van der Waals surface area contributed by atoms with Crippen molar-refractivity contribution in [2.75, 3.05) is 0 Å². The van der Waals surface area contributed by atoms with Crippen molar-refractivity contribution in [2.24, 2.45) is 5.92 Å². The highest BCUT2D eigenvalue weighted by Crippen LogP contribution is 2.62. The van der Waals surface area contributed by atoms with Crippen molar-refractivity contribution in [3.05, 3.63) is 222 Å². The van der Waals surface area contributed by atoms with E-state index < -0.39 is 5.41 Å². The highest BCUT2D eigenvalue weighted by atomic mass is 16.5. The Labute approximate surface area is 332 Å². The van der Waals surface area contributed by atoms with Crippen molar-refractivity contribution < 1.29 is 4.74 Å². The topological polar surface area (TPSA) is 47.9 Å². The number of para-hydroxylation sites is 1. The van der Waals surface area contributed by atoms with Gasteiger partial charge in [-0.1, -0.05) is 177 Å². The van der Waals surface area contributed by atoms with Crippen molar-refractivity contribution in [1.82, 2.24) is 15.0 Å². The first-order valence-corrected chi connectivity index (χ1v) is 19.7. The molecule has 2 aliphatic carbocycles. The number of benzene rings is 7. The molecule has 2 heterocycles. The van der Waals surface area contributed by atoms with E-state index in [2.05, 4.69) is 171 Å². The summed E-state index contributed by atoms with van der Waals surface area (Å²) < 4.78 is 6.85. The van der Waals surface area contributed by atoms with Gasteiger partial charge in [-0.25, -0.2) is 15.0 Å². The first-order valence-electron chi connectivity index (χ1n) is 19.7. The number of hydrogen-bond donors (Lipinski definition) is 0. The number of aromatic nitrogens is 3. The molecule has 0 bridgehead atoms. The predicted octanol–water partition coefficient (Wildman–Crippen LogP) is 12.8. The monoisotopic (exact) mass is 731 g/mol. The molecule has 270 valence electrons. The lowest BCUT2D eigenvalue weighted by molar-refractivity contribution is 0.436. The van der Waals surface area contributed by atoms with Crippen LogP contribution in [0.4, 0.5) is 0 Å². The Morgan fingerprint density at radius 1 is 0.456 bits per heavy atom. The van der Waals surface area contributed by atoms with Crippen molar-refractivity contribution in [2.45, 2.75) is 18.8 Å². The molecular weight excluding hydrogens is 695 g/mol. The van der Waals surface area contributed by atoms with Crippen LogP contribution in [0.1, 0.15) is 47.0 Å². The molecular formula is C53H37N3O. The number of nitrogens with zero attached hydrogens (tertiary/aromatic N) is 3. The van der Waals surface area contributed by atoms with Crippen LogP contribution in [0.5, 0.6) is 11.5 Å². The number of rotatable bonds is 5. The van der Waals surface area contributed by atoms with Gasteiger partial charge in [-0.2, -0.15) is 0 Å². The zero-order valence-electron chi connectivity index (χ0n) is 31.4. The number of fused-ring (bicyclic) bond motifs is 9. The lowest BCUT2D eigenvalue weighted by Gasteiger charge is -2.39. The van der Waals surface area contributed by atoms with Gasteiger partial charge in [-0.15, -0.1) is 0 Å². The van der Waals surface area contributed by atoms with E-state index in [4.69, 9.17) is 19.7 Å². The average Bonchev–Trinajstić information content (AvgIpc) is 3.57. The van der Waals surface area contributed by atoms with E-state index in [1.807, 2.05) is 24.3 Å². The van der Waals surface area contributed by atoms with Gasteiger partial charge in [0.15, 0.2) is 17.5 Å². The Kier molecular flexibility index (Phi) is 7.71. The molecule has 0 N–H and O–H groups in total. The minimum Gasteiger partial charge on any atom is -0.457 e. The summed E-state index contributed by atoms with van der Waals surface area (Å²) in [6, 6.07) is 62.1. The third kappa shape index (κ3) is 5.25. The second kappa shape index (κ2) is 13.2. The van der Waals surface area contributed by atoms with Gasteiger partial charge in [0.05, 0.1) is 5.41 Å². The van der Waals surface area contributed by atoms with Crippen LogP contribution in [-0.2, 0) is 5.41 Å². The van der Waals surface area contributed by atoms with Crippen molar-refractivity contribution >= 4 is 11.1 Å². The first kappa shape index (κ1) is 33.2. The lowest BCUT2D eigenvalue weighted by atomic mass is 9.66. The van der Waals surface area contributed by atoms with E-state index >= 15 is 0 Å². The van der Waals surface area contributed by atoms with Crippen molar-refractivity contribution in [1.29, 1.82) is 0 Å². The van der Waals surface area contributed by atoms with Gasteiger partial charge in [-0.3, -0.25) is 0 Å². The average molecular weight is 732 g/mol. The molecule has 0 fully saturated rings. The fourth-order valence-corrected chi connectivity index (χ4v) is 9.22. The van der Waals surface area contributed by atoms with Gasteiger partial charge < -0.3 is 4.74 Å². The highest BCUT2D eigenvalue weighted by molar-refractivity contribution is 5.91. The molecule has 0 radical (unpaired) electrons. The minimum atomic E-state index is -0.489. The molecule has 11 rings (SSSR count). The summed E-state index contributed by atoms with van der Waals surface area (Å²) in [6.45, 7) is 2.26. The molecule has 1 spiro atoms. The molecule has 0 saturated carbocycles. The molecule has 1 aliphatic heterocycles. The van der Waals surface area contributed by atoms with Crippen LogP contribution in [0.15, 0.2) is 188 Å². The fraction of sp³-hybridized carbons (Fsp3) is 0.0755. The molecule has 1 atom stereocenters. The fourth-order valence-electron chi connectivity index (χ4n) is 9.22. The minimum absolute atomic E-state index is 0.201. The Hall–Kier alpha value is -7.17. The zero-order chi connectivity index (χ0) is 37.9. The summed E-state index contributed by atoms with van der Waals surface area (Å²) in [5.41, 5.74) is 14.4. The largest absolute Gasteiger partial charge is 0.457 e. The summed E-state index contributed by atoms with van der Waals surface area (Å²) in [7, 11) is 0. The van der Waals surface area contributed by atoms with Gasteiger partial charge >= 0.3 is 0 Å². The van der Waals surface area contributed by atoms with E-state index in [0.29, 0.717) is 17.5 Å². The molecule has 8 aromatic rings. The molecule has 7 aromatic carbocycles. The predicted molar refractivity (Wildman–Crippen MR) is 230 cm³/mol. The SMILES string of the molecule is CC1CC=C(c2ccc3c(c2)Oc2ccccc2C32c3ccccc3-c3ccccc32)C=C1c1nc(-c2ccccc2)nc(-c2ccccc2-c2ccccc2)n1. The van der Waals surface area contributed by atoms with E-state index in [9.17, 15) is 0 Å². The maximum absolute atomic E-state index is 6.85. The van der Waals surface area contributed by atoms with Crippen LogP contribution in [0.3, 0.4) is 0 Å². The van der Waals surface area contributed by atoms with Gasteiger partial charge in [0.1, 0.15) is 11.5 Å². The second-order valence-electron chi connectivity index (χ2n) is 15.1. The Morgan fingerprint density at radius 2 is 1.00 bits per heavy atom. The molecule has 3 aliphatic rings. The van der Waals surface area contributed by atoms with Gasteiger partial charge in [0.2, 0.25) is 0 Å². The smallest absolute Gasteiger partial charge is 0.164 e. The number of hydrogen-bond acceptors (Lipinski definition) is 4. The molecule has 1 aromatic heterocycles. The van der Waals surface area contributed by atoms with E-state index in [-0.39, 0.29) is 5.92 Å². The maximum Gasteiger partial charge on any atom is 0.164 e. The highest BCUT2D eigenvalue weighted by Gasteiger charge is 2.50. The van der Waals surface area contributed by atoms with Crippen molar-refractivity contribution in [3.8, 4) is 56.5 Å². The molecule has 0 amide bonds. The first-order chi connectivity index (χ1) is 28.2. The Balaban J connectivity index is 1.05. The molecule has 57 heavy (non-hydrogen) atoms. The summed E-state index contributed by atoms with van der Waals surface area (Å²) in [5.74, 6) is 3.97. The Morgan fingerprint density at radius 3 is 1.72 bits per heavy atom. The molecule has 0 saturated heterocycles. The standard InChI is InChI=1S/C53H37N3O/c1-34-28-29-37(32-43(34)52-55-50(36-18-6-3-7-19-36)54-51(56-52)42-23-9-8-20-39(42)35-16-4-2-5-17-35)38-30-31-47-49(33-38)57-48-27-15-14-26-46(48)53(47)44-24-12-10-21-40(44)41-22-11-13-25-45(41)53/h2-27,29-34H,28H2,1H3. The quantitative estimate of drug-likeness (QED) is 0.177. The van der Waals surface area contributed by atoms with Crippen LogP contribution >= 0.6 is 0 Å². The third-order valence-corrected chi connectivity index (χ3v) is 11.9. The Bertz CT molecular complexity index is 2880. The zero-order valence-corrected chi connectivity index (χ0v) is 31.4. The summed E-state index contributed by atoms with van der Waals surface area (Å²) in [6.07, 6.45) is 5.47. The maximum atomic E-state index is 6.85. The number of allylic oxidation sites excluding steroid dienone is 4. The van der Waals surface area contributed by atoms with E-state index in [0.717, 1.165) is 62.4 Å². The van der Waals surface area contributed by atoms with Gasteiger partial charge in [0, 0.05) is 27.8 Å². The van der Waals surface area contributed by atoms with Crippen LogP contribution in [0.2, 0.25) is 0 Å². The van der Waals surface area contributed by atoms with Crippen molar-refractivity contribution in [3.63, 3.8) is 0 Å². The van der Waals surface area contributed by atoms with Gasteiger partial charge in [0.25, 0.3) is 0 Å². The number of ether oxygens (including phenoxy) is 1. The summed E-state index contributed by atoms with van der Waals surface area (Å²) in [5, 5.41) is 0. The van der Waals surface area contributed by atoms with Crippen LogP contribution < -0.4 is 4.74 Å². The van der Waals surface area contributed by atoms with Crippen LogP contribution in [0.25, 0.3) is 56.2 Å². The van der Waals surface area contributed by atoms with Crippen LogP contribution in [0, 0.1) is 5.92 Å². The molecule has 4 heteroatoms. The van der Waals surface area contributed by atoms with E-state index in [1.165, 1.54) is 27.8 Å². The third-order valence-electron chi connectivity index (χ3n) is 11.9. The molecule has 1 unspecified atom stereocenters. The summed E-state index contributed by atoms with van der Waals surface area (Å²) >= 11 is 0. The van der Waals surface area contributed by atoms with Gasteiger partial charge in [-0.05, 0) is 75.1 Å². The molecule has 4 nitrogen and oxygen atoms in total. The summed E-state index contributed by atoms with van der Waals surface area (Å²) in [4.78, 5) is 15.5. The normalized spacial score (nSPS) is 15.7. The lowest BCUT2D eigenvalue weighted by Crippen LogP contribution is -2.32. The van der Waals surface area contributed by atoms with E-state index in [1.54, 1.807) is 0 Å². The van der Waals surface area contributed by atoms with Crippen LogP contribution in [-0.4, -0.2) is 15.0 Å². The second-order valence-corrected chi connectivity index (χ2v) is 15.1.